The maximum atomic E-state index is 12.6. The van der Waals surface area contributed by atoms with E-state index in [-0.39, 0.29) is 5.91 Å². The average Bonchev–Trinajstić information content (AvgIpc) is 2.83. The lowest BCUT2D eigenvalue weighted by molar-refractivity contribution is -0.118. The summed E-state index contributed by atoms with van der Waals surface area (Å²) in [5.74, 6) is 0.0328. The van der Waals surface area contributed by atoms with Gasteiger partial charge in [0.1, 0.15) is 0 Å². The maximum absolute atomic E-state index is 12.6. The molecule has 0 atom stereocenters. The molecule has 0 saturated carbocycles. The molecule has 1 aromatic heterocycles. The number of aromatic nitrogens is 1. The normalized spacial score (nSPS) is 14.1. The van der Waals surface area contributed by atoms with E-state index in [0.717, 1.165) is 34.8 Å². The van der Waals surface area contributed by atoms with Gasteiger partial charge >= 0.3 is 0 Å². The number of anilines is 1. The number of hydrogen-bond acceptors (Lipinski definition) is 3. The van der Waals surface area contributed by atoms with Gasteiger partial charge in [0, 0.05) is 16.9 Å². The Hall–Kier alpha value is -1.10. The SMILES string of the molecule is Cc1nc(CC(=O)N2CCCc3cc(Cl)cc(Cl)c32)cs1. The van der Waals surface area contributed by atoms with Crippen molar-refractivity contribution in [2.24, 2.45) is 0 Å². The van der Waals surface area contributed by atoms with Crippen LogP contribution in [-0.4, -0.2) is 17.4 Å². The van der Waals surface area contributed by atoms with Gasteiger partial charge in [-0.05, 0) is 37.5 Å². The fraction of sp³-hybridized carbons (Fsp3) is 0.333. The van der Waals surface area contributed by atoms with E-state index in [4.69, 9.17) is 23.2 Å². The van der Waals surface area contributed by atoms with E-state index >= 15 is 0 Å². The van der Waals surface area contributed by atoms with Gasteiger partial charge < -0.3 is 4.90 Å². The predicted octanol–water partition coefficient (Wildman–Crippen LogP) is 4.28. The molecule has 1 aliphatic rings. The van der Waals surface area contributed by atoms with E-state index < -0.39 is 0 Å². The van der Waals surface area contributed by atoms with Crippen LogP contribution in [0.5, 0.6) is 0 Å². The second-order valence-corrected chi connectivity index (χ2v) is 6.98. The zero-order valence-corrected chi connectivity index (χ0v) is 13.9. The second kappa shape index (κ2) is 5.95. The first-order valence-electron chi connectivity index (χ1n) is 6.74. The van der Waals surface area contributed by atoms with Crippen molar-refractivity contribution in [3.8, 4) is 0 Å². The van der Waals surface area contributed by atoms with Crippen LogP contribution in [0, 0.1) is 6.92 Å². The van der Waals surface area contributed by atoms with Gasteiger partial charge in [-0.3, -0.25) is 4.79 Å². The number of carbonyl (C=O) groups is 1. The molecule has 0 fully saturated rings. The van der Waals surface area contributed by atoms with E-state index in [0.29, 0.717) is 23.0 Å². The van der Waals surface area contributed by atoms with Crippen molar-refractivity contribution >= 4 is 46.1 Å². The number of nitrogens with zero attached hydrogens (tertiary/aromatic N) is 2. The molecular weight excluding hydrogens is 327 g/mol. The monoisotopic (exact) mass is 340 g/mol. The van der Waals surface area contributed by atoms with Crippen molar-refractivity contribution < 1.29 is 4.79 Å². The Morgan fingerprint density at radius 1 is 1.43 bits per heavy atom. The molecule has 1 aromatic carbocycles. The van der Waals surface area contributed by atoms with Crippen LogP contribution in [0.15, 0.2) is 17.5 Å². The van der Waals surface area contributed by atoms with Gasteiger partial charge in [-0.25, -0.2) is 4.98 Å². The Kier molecular flexibility index (Phi) is 4.20. The third-order valence-corrected chi connectivity index (χ3v) is 4.83. The van der Waals surface area contributed by atoms with Gasteiger partial charge in [0.15, 0.2) is 0 Å². The average molecular weight is 341 g/mol. The number of benzene rings is 1. The van der Waals surface area contributed by atoms with Crippen LogP contribution in [0.25, 0.3) is 0 Å². The minimum Gasteiger partial charge on any atom is -0.310 e. The second-order valence-electron chi connectivity index (χ2n) is 5.08. The Morgan fingerprint density at radius 2 is 2.24 bits per heavy atom. The summed E-state index contributed by atoms with van der Waals surface area (Å²) >= 11 is 13.9. The molecule has 3 nitrogen and oxygen atoms in total. The minimum absolute atomic E-state index is 0.0328. The first kappa shape index (κ1) is 14.8. The number of halogens is 2. The Balaban J connectivity index is 1.89. The highest BCUT2D eigenvalue weighted by atomic mass is 35.5. The molecule has 21 heavy (non-hydrogen) atoms. The third kappa shape index (κ3) is 3.07. The van der Waals surface area contributed by atoms with Gasteiger partial charge in [0.2, 0.25) is 5.91 Å². The molecule has 0 radical (unpaired) electrons. The third-order valence-electron chi connectivity index (χ3n) is 3.50. The number of carbonyl (C=O) groups excluding carboxylic acids is 1. The zero-order chi connectivity index (χ0) is 15.0. The first-order valence-corrected chi connectivity index (χ1v) is 8.37. The van der Waals surface area contributed by atoms with Crippen molar-refractivity contribution in [2.75, 3.05) is 11.4 Å². The highest BCUT2D eigenvalue weighted by Gasteiger charge is 2.25. The highest BCUT2D eigenvalue weighted by molar-refractivity contribution is 7.09. The molecule has 0 spiro atoms. The molecule has 2 aromatic rings. The van der Waals surface area contributed by atoms with Crippen LogP contribution >= 0.6 is 34.5 Å². The number of amides is 1. The van der Waals surface area contributed by atoms with Crippen LogP contribution in [0.1, 0.15) is 22.7 Å². The largest absolute Gasteiger partial charge is 0.310 e. The van der Waals surface area contributed by atoms with E-state index in [1.165, 1.54) is 0 Å². The van der Waals surface area contributed by atoms with Gasteiger partial charge in [-0.15, -0.1) is 11.3 Å². The number of fused-ring (bicyclic) bond motifs is 1. The van der Waals surface area contributed by atoms with Gasteiger partial charge in [0.05, 0.1) is 27.8 Å². The fourth-order valence-corrected chi connectivity index (χ4v) is 3.89. The van der Waals surface area contributed by atoms with Crippen LogP contribution in [-0.2, 0) is 17.6 Å². The molecule has 110 valence electrons. The van der Waals surface area contributed by atoms with Gasteiger partial charge in [-0.1, -0.05) is 23.2 Å². The maximum Gasteiger partial charge on any atom is 0.233 e. The summed E-state index contributed by atoms with van der Waals surface area (Å²) < 4.78 is 0. The van der Waals surface area contributed by atoms with Crippen molar-refractivity contribution in [2.45, 2.75) is 26.2 Å². The molecule has 0 N–H and O–H groups in total. The van der Waals surface area contributed by atoms with Crippen LogP contribution in [0.2, 0.25) is 10.0 Å². The molecular formula is C15H14Cl2N2OS. The summed E-state index contributed by atoms with van der Waals surface area (Å²) in [6.45, 7) is 2.63. The van der Waals surface area contributed by atoms with Crippen molar-refractivity contribution in [3.63, 3.8) is 0 Å². The predicted molar refractivity (Wildman–Crippen MR) is 87.7 cm³/mol. The van der Waals surface area contributed by atoms with E-state index in [1.54, 1.807) is 22.3 Å². The highest BCUT2D eigenvalue weighted by Crippen LogP contribution is 2.37. The summed E-state index contributed by atoms with van der Waals surface area (Å²) in [5, 5.41) is 4.06. The lowest BCUT2D eigenvalue weighted by atomic mass is 10.0. The number of hydrogen-bond donors (Lipinski definition) is 0. The quantitative estimate of drug-likeness (QED) is 0.817. The van der Waals surface area contributed by atoms with E-state index in [1.807, 2.05) is 18.4 Å². The summed E-state index contributed by atoms with van der Waals surface area (Å²) in [5.41, 5.74) is 2.67. The van der Waals surface area contributed by atoms with Crippen molar-refractivity contribution in [1.82, 2.24) is 4.98 Å². The number of thiazole rings is 1. The molecule has 2 heterocycles. The Morgan fingerprint density at radius 3 is 2.95 bits per heavy atom. The summed E-state index contributed by atoms with van der Waals surface area (Å²) in [4.78, 5) is 18.7. The topological polar surface area (TPSA) is 33.2 Å². The summed E-state index contributed by atoms with van der Waals surface area (Å²) in [7, 11) is 0. The van der Waals surface area contributed by atoms with E-state index in [2.05, 4.69) is 4.98 Å². The molecule has 1 amide bonds. The molecule has 1 aliphatic heterocycles. The van der Waals surface area contributed by atoms with Crippen molar-refractivity contribution in [1.29, 1.82) is 0 Å². The standard InChI is InChI=1S/C15H14Cl2N2OS/c1-9-18-12(8-21-9)7-14(20)19-4-2-3-10-5-11(16)6-13(17)15(10)19/h5-6,8H,2-4,7H2,1H3. The Bertz CT molecular complexity index is 699. The zero-order valence-electron chi connectivity index (χ0n) is 11.5. The molecule has 0 bridgehead atoms. The number of aryl methyl sites for hydroxylation is 2. The molecule has 0 aliphatic carbocycles. The molecule has 0 saturated heterocycles. The number of rotatable bonds is 2. The fourth-order valence-electron chi connectivity index (χ4n) is 2.64. The summed E-state index contributed by atoms with van der Waals surface area (Å²) in [6, 6.07) is 3.59. The molecule has 0 unspecified atom stereocenters. The first-order chi connectivity index (χ1) is 10.0. The lowest BCUT2D eigenvalue weighted by Crippen LogP contribution is -2.36. The van der Waals surface area contributed by atoms with Crippen LogP contribution in [0.3, 0.4) is 0 Å². The lowest BCUT2D eigenvalue weighted by Gasteiger charge is -2.30. The van der Waals surface area contributed by atoms with Gasteiger partial charge in [0.25, 0.3) is 0 Å². The molecule has 3 rings (SSSR count). The minimum atomic E-state index is 0.0328. The summed E-state index contributed by atoms with van der Waals surface area (Å²) in [6.07, 6.45) is 2.13. The van der Waals surface area contributed by atoms with Crippen molar-refractivity contribution in [3.05, 3.63) is 43.8 Å². The van der Waals surface area contributed by atoms with Crippen LogP contribution in [0.4, 0.5) is 5.69 Å². The van der Waals surface area contributed by atoms with Gasteiger partial charge in [-0.2, -0.15) is 0 Å². The molecule has 6 heteroatoms. The smallest absolute Gasteiger partial charge is 0.233 e. The Labute approximate surface area is 137 Å². The van der Waals surface area contributed by atoms with Crippen LogP contribution < -0.4 is 4.90 Å². The van der Waals surface area contributed by atoms with E-state index in [9.17, 15) is 4.79 Å².